The number of piperidine rings is 2. The van der Waals surface area contributed by atoms with Crippen molar-refractivity contribution in [1.29, 1.82) is 0 Å². The highest BCUT2D eigenvalue weighted by Gasteiger charge is 2.33. The number of benzene rings is 4. The quantitative estimate of drug-likeness (QED) is 0.0576. The zero-order valence-corrected chi connectivity index (χ0v) is 44.5. The predicted molar refractivity (Wildman–Crippen MR) is 279 cm³/mol. The summed E-state index contributed by atoms with van der Waals surface area (Å²) in [6, 6.07) is 19.5. The summed E-state index contributed by atoms with van der Waals surface area (Å²) in [4.78, 5) is 29.8. The average Bonchev–Trinajstić information content (AvgIpc) is 4.28. The van der Waals surface area contributed by atoms with Crippen molar-refractivity contribution < 1.29 is 42.0 Å². The number of hydrazine groups is 1. The van der Waals surface area contributed by atoms with Crippen LogP contribution in [0.2, 0.25) is 15.1 Å². The molecule has 390 valence electrons. The lowest BCUT2D eigenvalue weighted by Gasteiger charge is -2.37. The van der Waals surface area contributed by atoms with Gasteiger partial charge < -0.3 is 14.2 Å². The number of nitrogens with zero attached hydrogens (tertiary/aromatic N) is 4. The lowest BCUT2D eigenvalue weighted by Crippen LogP contribution is -2.45. The van der Waals surface area contributed by atoms with Crippen molar-refractivity contribution in [1.82, 2.24) is 28.8 Å². The van der Waals surface area contributed by atoms with Gasteiger partial charge >= 0.3 is 0 Å². The van der Waals surface area contributed by atoms with Crippen LogP contribution in [0.1, 0.15) is 119 Å². The molecule has 3 N–H and O–H groups in total. The van der Waals surface area contributed by atoms with E-state index < -0.39 is 34.6 Å². The van der Waals surface area contributed by atoms with Crippen molar-refractivity contribution in [3.05, 3.63) is 127 Å². The molecule has 5 fully saturated rings. The molecular formula is C52H63Cl3F2N6O7S2. The maximum Gasteiger partial charge on any atom is 0.271 e. The van der Waals surface area contributed by atoms with E-state index in [1.807, 2.05) is 30.3 Å². The zero-order chi connectivity index (χ0) is 50.9. The number of nitrogens with one attached hydrogen (secondary N) is 2. The maximum absolute atomic E-state index is 14.9. The lowest BCUT2D eigenvalue weighted by molar-refractivity contribution is -0.0242. The van der Waals surface area contributed by atoms with Crippen molar-refractivity contribution in [2.75, 3.05) is 72.5 Å². The summed E-state index contributed by atoms with van der Waals surface area (Å²) in [6.45, 7) is 7.45. The summed E-state index contributed by atoms with van der Waals surface area (Å²) < 4.78 is 64.3. The third-order valence-corrected chi connectivity index (χ3v) is 16.3. The van der Waals surface area contributed by atoms with E-state index in [9.17, 15) is 27.8 Å². The molecule has 0 bridgehead atoms. The van der Waals surface area contributed by atoms with E-state index in [-0.39, 0.29) is 29.0 Å². The van der Waals surface area contributed by atoms with Gasteiger partial charge in [0.2, 0.25) is 0 Å². The number of carbonyl (C=O) groups is 2. The smallest absolute Gasteiger partial charge is 0.271 e. The number of methoxy groups -OCH3 is 1. The van der Waals surface area contributed by atoms with Gasteiger partial charge in [-0.2, -0.15) is 0 Å². The number of ether oxygens (including phenoxy) is 3. The minimum Gasteiger partial charge on any atom is -0.493 e. The van der Waals surface area contributed by atoms with Crippen LogP contribution in [0.25, 0.3) is 0 Å². The minimum absolute atomic E-state index is 0.0763. The Bertz CT molecular complexity index is 2530. The van der Waals surface area contributed by atoms with Gasteiger partial charge in [-0.25, -0.2) is 17.3 Å². The van der Waals surface area contributed by atoms with Crippen LogP contribution in [-0.2, 0) is 22.5 Å². The van der Waals surface area contributed by atoms with Gasteiger partial charge in [0, 0.05) is 60.2 Å². The van der Waals surface area contributed by atoms with E-state index in [1.54, 1.807) is 35.9 Å². The fraction of sp³-hybridized carbons (Fsp3) is 0.500. The molecule has 3 heterocycles. The van der Waals surface area contributed by atoms with E-state index in [1.165, 1.54) is 12.1 Å². The molecule has 2 atom stereocenters. The van der Waals surface area contributed by atoms with E-state index in [0.29, 0.717) is 70.9 Å². The van der Waals surface area contributed by atoms with Crippen LogP contribution in [0.4, 0.5) is 8.78 Å². The summed E-state index contributed by atoms with van der Waals surface area (Å²) in [5.41, 5.74) is 6.02. The summed E-state index contributed by atoms with van der Waals surface area (Å²) in [7, 11) is 1.71. The normalized spacial score (nSPS) is 19.0. The largest absolute Gasteiger partial charge is 0.493 e. The van der Waals surface area contributed by atoms with Crippen molar-refractivity contribution in [2.45, 2.75) is 82.2 Å². The van der Waals surface area contributed by atoms with Gasteiger partial charge in [-0.05, 0) is 189 Å². The van der Waals surface area contributed by atoms with Crippen LogP contribution in [0.3, 0.4) is 0 Å². The molecule has 0 radical (unpaired) electrons. The Balaban J connectivity index is 0.000000193. The first kappa shape index (κ1) is 54.7. The van der Waals surface area contributed by atoms with E-state index >= 15 is 0 Å². The molecule has 4 aromatic rings. The van der Waals surface area contributed by atoms with Crippen molar-refractivity contribution >= 4 is 69.7 Å². The second kappa shape index (κ2) is 25.8. The molecule has 72 heavy (non-hydrogen) atoms. The molecule has 2 unspecified atom stereocenters. The topological polar surface area (TPSA) is 136 Å². The van der Waals surface area contributed by atoms with E-state index in [2.05, 4.69) is 26.0 Å². The number of rotatable bonds is 20. The van der Waals surface area contributed by atoms with Gasteiger partial charge in [-0.3, -0.25) is 34.7 Å². The summed E-state index contributed by atoms with van der Waals surface area (Å²) in [5, 5.41) is 11.5. The van der Waals surface area contributed by atoms with Crippen molar-refractivity contribution in [3.8, 4) is 11.5 Å². The van der Waals surface area contributed by atoms with Crippen molar-refractivity contribution in [2.24, 2.45) is 11.8 Å². The summed E-state index contributed by atoms with van der Waals surface area (Å²) in [6.07, 6.45) is 10.4. The maximum atomic E-state index is 14.9. The van der Waals surface area contributed by atoms with Crippen LogP contribution >= 0.6 is 46.8 Å². The van der Waals surface area contributed by atoms with Crippen molar-refractivity contribution in [3.63, 3.8) is 0 Å². The Kier molecular flexibility index (Phi) is 19.6. The Hall–Kier alpha value is -3.59. The molecule has 13 nitrogen and oxygen atoms in total. The molecule has 9 rings (SSSR count). The fourth-order valence-corrected chi connectivity index (χ4v) is 11.3. The first-order valence-electron chi connectivity index (χ1n) is 24.6. The predicted octanol–water partition coefficient (Wildman–Crippen LogP) is 10.8. The second-order valence-corrected chi connectivity index (χ2v) is 22.5. The molecule has 5 aliphatic rings. The third-order valence-electron chi connectivity index (χ3n) is 14.0. The number of likely N-dealkylation sites (tertiary alicyclic amines) is 2. The molecule has 0 aromatic heterocycles. The standard InChI is InChI=1S/C26H30Cl2FN3O3S.C26H33ClFN3O4S/c27-20-10-18(11-21(28)12-20)15-31-8-4-17(5-9-31)16-35-25-14-24(29)23(13-22(25)19-2-3-19)26(33)30-36(34)32-6-1-7-32;1-34-16-24(19-4-3-5-20(27)12-19)30-10-8-17(9-11-30)15-35-25-14-23(28)22(13-21(25)18-6-7-18)26(32)29-31(33)36-2/h10-14,17,19H,1-9,15-16H2,(H,30,33);3-5,12-14,17-18,24,33H,6-11,15-16H2,1-2H3,(H,29,32). The first-order valence-corrected chi connectivity index (χ1v) is 28.1. The monoisotopic (exact) mass is 1090 g/mol. The molecule has 2 amide bonds. The average molecular weight is 1090 g/mol. The summed E-state index contributed by atoms with van der Waals surface area (Å²) in [5.74, 6) is -0.362. The molecular weight excluding hydrogens is 1030 g/mol. The number of halogens is 5. The second-order valence-electron chi connectivity index (χ2n) is 19.3. The molecule has 4 aromatic carbocycles. The first-order chi connectivity index (χ1) is 34.7. The minimum atomic E-state index is -1.63. The van der Waals surface area contributed by atoms with Gasteiger partial charge in [0.25, 0.3) is 11.8 Å². The molecule has 3 saturated heterocycles. The van der Waals surface area contributed by atoms with Gasteiger partial charge in [-0.1, -0.05) is 46.9 Å². The Morgan fingerprint density at radius 2 is 1.32 bits per heavy atom. The zero-order valence-electron chi connectivity index (χ0n) is 40.6. The van der Waals surface area contributed by atoms with Crippen LogP contribution in [0.5, 0.6) is 11.5 Å². The van der Waals surface area contributed by atoms with Crippen LogP contribution in [0, 0.1) is 23.5 Å². The van der Waals surface area contributed by atoms with Gasteiger partial charge in [0.05, 0.1) is 37.0 Å². The Morgan fingerprint density at radius 1 is 0.764 bits per heavy atom. The van der Waals surface area contributed by atoms with Gasteiger partial charge in [-0.15, -0.1) is 0 Å². The molecule has 2 aliphatic carbocycles. The number of amides is 2. The molecule has 0 spiro atoms. The molecule has 2 saturated carbocycles. The van der Waals surface area contributed by atoms with Crippen LogP contribution in [-0.4, -0.2) is 112 Å². The van der Waals surface area contributed by atoms with Gasteiger partial charge in [0.1, 0.15) is 23.1 Å². The van der Waals surface area contributed by atoms with Crippen LogP contribution < -0.4 is 19.6 Å². The highest BCUT2D eigenvalue weighted by Crippen LogP contribution is 2.46. The highest BCUT2D eigenvalue weighted by atomic mass is 35.5. The van der Waals surface area contributed by atoms with E-state index in [0.717, 1.165) is 130 Å². The van der Waals surface area contributed by atoms with Crippen LogP contribution in [0.15, 0.2) is 66.7 Å². The number of carbonyl (C=O) groups excluding carboxylic acids is 2. The Morgan fingerprint density at radius 3 is 1.82 bits per heavy atom. The lowest BCUT2D eigenvalue weighted by atomic mass is 9.95. The molecule has 3 aliphatic heterocycles. The SMILES string of the molecule is COCC(c1cccc(Cl)c1)N1CCC(COc2cc(F)c(C(=O)NN(O)SC)cc2C2CC2)CC1.O=C(NS(=O)N1CCC1)c1cc(C2CC2)c(OCC2CCN(Cc3cc(Cl)cc(Cl)c3)CC2)cc1F. The van der Waals surface area contributed by atoms with E-state index in [4.69, 9.17) is 49.0 Å². The highest BCUT2D eigenvalue weighted by molar-refractivity contribution is 7.96. The third kappa shape index (κ3) is 15.0. The summed E-state index contributed by atoms with van der Waals surface area (Å²) >= 11 is 17.7. The van der Waals surface area contributed by atoms with Gasteiger partial charge in [0.15, 0.2) is 11.2 Å². The molecule has 20 heteroatoms. The number of hydrogen-bond donors (Lipinski definition) is 3. The number of hydrogen-bond acceptors (Lipinski definition) is 11. The fourth-order valence-electron chi connectivity index (χ4n) is 9.42. The Labute approximate surface area is 442 Å².